The average Bonchev–Trinajstić information content (AvgIpc) is 3.03. The second kappa shape index (κ2) is 6.98. The van der Waals surface area contributed by atoms with Crippen LogP contribution in [0, 0.1) is 13.8 Å². The molecule has 27 heavy (non-hydrogen) atoms. The summed E-state index contributed by atoms with van der Waals surface area (Å²) in [5.41, 5.74) is 2.96. The van der Waals surface area contributed by atoms with Crippen molar-refractivity contribution in [3.63, 3.8) is 0 Å². The molecular formula is C20H25N5O2. The maximum absolute atomic E-state index is 12.7. The molecule has 0 aliphatic rings. The zero-order valence-electron chi connectivity index (χ0n) is 16.4. The zero-order valence-corrected chi connectivity index (χ0v) is 16.4. The number of rotatable bonds is 4. The Hall–Kier alpha value is -2.96. The maximum Gasteiger partial charge on any atom is 0.264 e. The van der Waals surface area contributed by atoms with Crippen LogP contribution in [0.1, 0.15) is 38.3 Å². The minimum Gasteiger partial charge on any atom is -0.326 e. The summed E-state index contributed by atoms with van der Waals surface area (Å²) in [4.78, 5) is 29.4. The van der Waals surface area contributed by atoms with E-state index in [1.807, 2.05) is 52.8 Å². The number of carbonyl (C=O) groups is 1. The third-order valence-electron chi connectivity index (χ3n) is 4.52. The molecule has 2 heterocycles. The minimum absolute atomic E-state index is 0.134. The van der Waals surface area contributed by atoms with Crippen LogP contribution in [-0.2, 0) is 16.9 Å². The van der Waals surface area contributed by atoms with Gasteiger partial charge in [-0.3, -0.25) is 14.2 Å². The summed E-state index contributed by atoms with van der Waals surface area (Å²) in [5, 5.41) is 7.70. The molecule has 0 bridgehead atoms. The lowest BCUT2D eigenvalue weighted by molar-refractivity contribution is -0.116. The van der Waals surface area contributed by atoms with E-state index in [-0.39, 0.29) is 30.0 Å². The van der Waals surface area contributed by atoms with E-state index in [1.165, 1.54) is 10.9 Å². The van der Waals surface area contributed by atoms with Crippen LogP contribution in [-0.4, -0.2) is 25.2 Å². The molecule has 3 rings (SSSR count). The number of hydrogen-bond acceptors (Lipinski definition) is 4. The number of hydrogen-bond donors (Lipinski definition) is 1. The zero-order chi connectivity index (χ0) is 19.8. The molecule has 1 amide bonds. The molecule has 0 saturated heterocycles. The quantitative estimate of drug-likeness (QED) is 0.768. The second-order valence-corrected chi connectivity index (χ2v) is 7.77. The number of amides is 1. The monoisotopic (exact) mass is 367 g/mol. The summed E-state index contributed by atoms with van der Waals surface area (Å²) >= 11 is 0. The minimum atomic E-state index is -0.265. The Balaban J connectivity index is 1.77. The van der Waals surface area contributed by atoms with Gasteiger partial charge in [-0.25, -0.2) is 9.67 Å². The van der Waals surface area contributed by atoms with Gasteiger partial charge < -0.3 is 5.32 Å². The first-order chi connectivity index (χ1) is 12.7. The fourth-order valence-corrected chi connectivity index (χ4v) is 3.03. The molecule has 0 aliphatic heterocycles. The topological polar surface area (TPSA) is 81.8 Å². The van der Waals surface area contributed by atoms with Crippen molar-refractivity contribution in [3.8, 4) is 0 Å². The molecule has 7 nitrogen and oxygen atoms in total. The first-order valence-electron chi connectivity index (χ1n) is 8.98. The van der Waals surface area contributed by atoms with Gasteiger partial charge in [0.05, 0.1) is 18.1 Å². The third-order valence-corrected chi connectivity index (χ3v) is 4.52. The van der Waals surface area contributed by atoms with E-state index in [2.05, 4.69) is 15.4 Å². The van der Waals surface area contributed by atoms with Crippen LogP contribution in [0.5, 0.6) is 0 Å². The van der Waals surface area contributed by atoms with Gasteiger partial charge in [-0.05, 0) is 45.7 Å². The van der Waals surface area contributed by atoms with E-state index in [4.69, 9.17) is 0 Å². The molecule has 0 radical (unpaired) electrons. The number of nitrogens with one attached hydrogen (secondary N) is 1. The molecule has 0 spiro atoms. The molecule has 0 fully saturated rings. The van der Waals surface area contributed by atoms with Crippen molar-refractivity contribution in [1.82, 2.24) is 19.3 Å². The van der Waals surface area contributed by atoms with Crippen LogP contribution in [0.25, 0.3) is 11.0 Å². The standard InChI is InChI=1S/C20H25N5O2/c1-13-7-6-8-14(2)17(13)23-16(26)9-10-24-12-21-18-15(19(24)27)11-22-25(18)20(3,4)5/h6-8,11-12H,9-10H2,1-5H3,(H,23,26). The molecule has 7 heteroatoms. The Bertz CT molecular complexity index is 1040. The Labute approximate surface area is 158 Å². The van der Waals surface area contributed by atoms with Crippen LogP contribution in [0.2, 0.25) is 0 Å². The number of aromatic nitrogens is 4. The summed E-state index contributed by atoms with van der Waals surface area (Å²) in [5.74, 6) is -0.134. The van der Waals surface area contributed by atoms with Gasteiger partial charge in [-0.2, -0.15) is 5.10 Å². The molecule has 0 atom stereocenters. The van der Waals surface area contributed by atoms with Crippen LogP contribution >= 0.6 is 0 Å². The highest BCUT2D eigenvalue weighted by Crippen LogP contribution is 2.20. The van der Waals surface area contributed by atoms with Gasteiger partial charge in [-0.15, -0.1) is 0 Å². The van der Waals surface area contributed by atoms with Crippen molar-refractivity contribution in [1.29, 1.82) is 0 Å². The van der Waals surface area contributed by atoms with Gasteiger partial charge in [0.2, 0.25) is 5.91 Å². The number of aryl methyl sites for hydroxylation is 3. The summed E-state index contributed by atoms with van der Waals surface area (Å²) in [6.45, 7) is 10.2. The van der Waals surface area contributed by atoms with E-state index in [0.29, 0.717) is 11.0 Å². The summed E-state index contributed by atoms with van der Waals surface area (Å²) in [6, 6.07) is 5.87. The third kappa shape index (κ3) is 3.77. The Kier molecular flexibility index (Phi) is 4.87. The van der Waals surface area contributed by atoms with Crippen molar-refractivity contribution in [2.24, 2.45) is 0 Å². The molecule has 142 valence electrons. The Morgan fingerprint density at radius 2 is 1.85 bits per heavy atom. The summed E-state index contributed by atoms with van der Waals surface area (Å²) in [7, 11) is 0. The number of anilines is 1. The van der Waals surface area contributed by atoms with Gasteiger partial charge in [0, 0.05) is 18.7 Å². The molecule has 0 aliphatic carbocycles. The molecular weight excluding hydrogens is 342 g/mol. The predicted octanol–water partition coefficient (Wildman–Crippen LogP) is 2.99. The number of carbonyl (C=O) groups excluding carboxylic acids is 1. The maximum atomic E-state index is 12.7. The van der Waals surface area contributed by atoms with Gasteiger partial charge in [-0.1, -0.05) is 18.2 Å². The van der Waals surface area contributed by atoms with Crippen LogP contribution in [0.4, 0.5) is 5.69 Å². The Morgan fingerprint density at radius 3 is 2.48 bits per heavy atom. The largest absolute Gasteiger partial charge is 0.326 e. The average molecular weight is 367 g/mol. The van der Waals surface area contributed by atoms with Crippen molar-refractivity contribution in [2.75, 3.05) is 5.32 Å². The first-order valence-corrected chi connectivity index (χ1v) is 8.98. The molecule has 0 saturated carbocycles. The molecule has 2 aromatic heterocycles. The summed E-state index contributed by atoms with van der Waals surface area (Å²) < 4.78 is 3.20. The normalized spacial score (nSPS) is 11.7. The van der Waals surface area contributed by atoms with Gasteiger partial charge in [0.15, 0.2) is 5.65 Å². The van der Waals surface area contributed by atoms with E-state index in [0.717, 1.165) is 16.8 Å². The molecule has 0 unspecified atom stereocenters. The lowest BCUT2D eigenvalue weighted by Crippen LogP contribution is -2.26. The fraction of sp³-hybridized carbons (Fsp3) is 0.400. The predicted molar refractivity (Wildman–Crippen MR) is 106 cm³/mol. The lowest BCUT2D eigenvalue weighted by atomic mass is 10.1. The van der Waals surface area contributed by atoms with Gasteiger partial charge in [0.25, 0.3) is 5.56 Å². The van der Waals surface area contributed by atoms with Crippen LogP contribution < -0.4 is 10.9 Å². The van der Waals surface area contributed by atoms with Crippen LogP contribution in [0.3, 0.4) is 0 Å². The van der Waals surface area contributed by atoms with Crippen molar-refractivity contribution < 1.29 is 4.79 Å². The molecule has 1 aromatic carbocycles. The lowest BCUT2D eigenvalue weighted by Gasteiger charge is -2.19. The van der Waals surface area contributed by atoms with Crippen molar-refractivity contribution in [2.45, 2.75) is 53.1 Å². The fourth-order valence-electron chi connectivity index (χ4n) is 3.03. The summed E-state index contributed by atoms with van der Waals surface area (Å²) in [6.07, 6.45) is 3.22. The smallest absolute Gasteiger partial charge is 0.264 e. The van der Waals surface area contributed by atoms with Gasteiger partial charge >= 0.3 is 0 Å². The number of nitrogens with zero attached hydrogens (tertiary/aromatic N) is 4. The van der Waals surface area contributed by atoms with Crippen LogP contribution in [0.15, 0.2) is 35.5 Å². The van der Waals surface area contributed by atoms with Gasteiger partial charge in [0.1, 0.15) is 5.39 Å². The second-order valence-electron chi connectivity index (χ2n) is 7.77. The molecule has 3 aromatic rings. The highest BCUT2D eigenvalue weighted by atomic mass is 16.2. The SMILES string of the molecule is Cc1cccc(C)c1NC(=O)CCn1cnc2c(cnn2C(C)(C)C)c1=O. The Morgan fingerprint density at radius 1 is 1.19 bits per heavy atom. The highest BCUT2D eigenvalue weighted by Gasteiger charge is 2.19. The van der Waals surface area contributed by atoms with E-state index < -0.39 is 0 Å². The van der Waals surface area contributed by atoms with Crippen molar-refractivity contribution in [3.05, 3.63) is 52.2 Å². The number of benzene rings is 1. The van der Waals surface area contributed by atoms with E-state index in [9.17, 15) is 9.59 Å². The van der Waals surface area contributed by atoms with E-state index in [1.54, 1.807) is 10.9 Å². The first kappa shape index (κ1) is 18.8. The highest BCUT2D eigenvalue weighted by molar-refractivity contribution is 5.92. The number of para-hydroxylation sites is 1. The van der Waals surface area contributed by atoms with E-state index >= 15 is 0 Å². The van der Waals surface area contributed by atoms with Crippen molar-refractivity contribution >= 4 is 22.6 Å². The molecule has 1 N–H and O–H groups in total. The number of fused-ring (bicyclic) bond motifs is 1.